The largest absolute Gasteiger partial charge is 0.381 e. The number of hydrogen-bond donors (Lipinski definition) is 1. The van der Waals surface area contributed by atoms with Crippen LogP contribution in [-0.2, 0) is 14.8 Å². The highest BCUT2D eigenvalue weighted by atomic mass is 32.2. The summed E-state index contributed by atoms with van der Waals surface area (Å²) in [6.07, 6.45) is 0.620. The predicted molar refractivity (Wildman–Crippen MR) is 85.7 cm³/mol. The highest BCUT2D eigenvalue weighted by Gasteiger charge is 2.26. The summed E-state index contributed by atoms with van der Waals surface area (Å²) in [5, 5.41) is 0. The zero-order valence-electron chi connectivity index (χ0n) is 13.6. The van der Waals surface area contributed by atoms with Crippen LogP contribution >= 0.6 is 0 Å². The number of benzene rings is 1. The third-order valence-corrected chi connectivity index (χ3v) is 4.58. The quantitative estimate of drug-likeness (QED) is 0.787. The maximum atomic E-state index is 12.3. The molecule has 1 aromatic rings. The lowest BCUT2D eigenvalue weighted by atomic mass is 9.98. The van der Waals surface area contributed by atoms with Crippen molar-refractivity contribution in [1.82, 2.24) is 4.72 Å². The third kappa shape index (κ3) is 7.07. The fourth-order valence-corrected chi connectivity index (χ4v) is 3.24. The van der Waals surface area contributed by atoms with Gasteiger partial charge in [0.1, 0.15) is 0 Å². The second kappa shape index (κ2) is 6.90. The lowest BCUT2D eigenvalue weighted by molar-refractivity contribution is 0.0607. The molecule has 120 valence electrons. The van der Waals surface area contributed by atoms with Gasteiger partial charge in [0.15, 0.2) is 0 Å². The summed E-state index contributed by atoms with van der Waals surface area (Å²) in [5.74, 6) is 0. The molecule has 21 heavy (non-hydrogen) atoms. The molecule has 0 fully saturated rings. The van der Waals surface area contributed by atoms with Crippen molar-refractivity contribution in [2.45, 2.75) is 51.5 Å². The Bertz CT molecular complexity index is 530. The molecule has 0 radical (unpaired) electrons. The first kappa shape index (κ1) is 18.1. The zero-order chi connectivity index (χ0) is 16.1. The summed E-state index contributed by atoms with van der Waals surface area (Å²) in [5.41, 5.74) is -0.430. The van der Waals surface area contributed by atoms with Crippen molar-refractivity contribution in [3.8, 4) is 0 Å². The maximum Gasteiger partial charge on any atom is 0.241 e. The highest BCUT2D eigenvalue weighted by molar-refractivity contribution is 7.89. The Labute approximate surface area is 129 Å². The molecule has 0 saturated heterocycles. The number of hydrogen-bond acceptors (Lipinski definition) is 3. The molecule has 0 aliphatic heterocycles. The summed E-state index contributed by atoms with van der Waals surface area (Å²) in [6, 6.07) is 8.41. The monoisotopic (exact) mass is 313 g/mol. The molecule has 1 N–H and O–H groups in total. The van der Waals surface area contributed by atoms with Crippen molar-refractivity contribution in [3.63, 3.8) is 0 Å². The molecule has 0 aliphatic carbocycles. The smallest absolute Gasteiger partial charge is 0.241 e. The van der Waals surface area contributed by atoms with Gasteiger partial charge in [-0.05, 0) is 37.8 Å². The van der Waals surface area contributed by atoms with Gasteiger partial charge in [-0.3, -0.25) is 0 Å². The topological polar surface area (TPSA) is 55.4 Å². The molecule has 4 nitrogen and oxygen atoms in total. The molecule has 0 aromatic heterocycles. The molecule has 0 heterocycles. The number of rotatable bonds is 7. The SMILES string of the molecule is CC(C)(C)COCCC(C)(C)NS(=O)(=O)c1ccccc1. The van der Waals surface area contributed by atoms with Crippen LogP contribution in [-0.4, -0.2) is 27.2 Å². The van der Waals surface area contributed by atoms with Crippen LogP contribution in [0, 0.1) is 5.41 Å². The standard InChI is InChI=1S/C16H27NO3S/c1-15(2,3)13-20-12-11-16(4,5)17-21(18,19)14-9-7-6-8-10-14/h6-10,17H,11-13H2,1-5H3. The highest BCUT2D eigenvalue weighted by Crippen LogP contribution is 2.17. The van der Waals surface area contributed by atoms with E-state index in [1.165, 1.54) is 0 Å². The molecular formula is C16H27NO3S. The van der Waals surface area contributed by atoms with Gasteiger partial charge < -0.3 is 4.74 Å². The van der Waals surface area contributed by atoms with Crippen LogP contribution in [0.5, 0.6) is 0 Å². The Balaban J connectivity index is 2.56. The van der Waals surface area contributed by atoms with Gasteiger partial charge in [-0.15, -0.1) is 0 Å². The predicted octanol–water partition coefficient (Wildman–Crippen LogP) is 3.20. The van der Waals surface area contributed by atoms with Crippen molar-refractivity contribution in [2.75, 3.05) is 13.2 Å². The normalized spacial score (nSPS) is 13.4. The van der Waals surface area contributed by atoms with Gasteiger partial charge in [0.25, 0.3) is 0 Å². The first-order valence-electron chi connectivity index (χ1n) is 7.19. The molecule has 1 rings (SSSR count). The molecule has 0 amide bonds. The molecule has 1 aromatic carbocycles. The number of nitrogens with one attached hydrogen (secondary N) is 1. The number of sulfonamides is 1. The summed E-state index contributed by atoms with van der Waals surface area (Å²) in [6.45, 7) is 11.3. The van der Waals surface area contributed by atoms with E-state index >= 15 is 0 Å². The minimum atomic E-state index is -3.49. The third-order valence-electron chi connectivity index (χ3n) is 2.87. The first-order chi connectivity index (χ1) is 9.52. The molecule has 0 bridgehead atoms. The van der Waals surface area contributed by atoms with E-state index in [2.05, 4.69) is 25.5 Å². The van der Waals surface area contributed by atoms with Crippen LogP contribution in [0.15, 0.2) is 35.2 Å². The van der Waals surface area contributed by atoms with Crippen LogP contribution in [0.25, 0.3) is 0 Å². The van der Waals surface area contributed by atoms with Crippen molar-refractivity contribution >= 4 is 10.0 Å². The fraction of sp³-hybridized carbons (Fsp3) is 0.625. The average molecular weight is 313 g/mol. The van der Waals surface area contributed by atoms with E-state index in [4.69, 9.17) is 4.74 Å². The minimum absolute atomic E-state index is 0.119. The van der Waals surface area contributed by atoms with Crippen LogP contribution in [0.2, 0.25) is 0 Å². The fourth-order valence-electron chi connectivity index (χ4n) is 1.78. The Kier molecular flexibility index (Phi) is 5.96. The average Bonchev–Trinajstić information content (AvgIpc) is 2.33. The number of ether oxygens (including phenoxy) is 1. The lowest BCUT2D eigenvalue weighted by Crippen LogP contribution is -2.44. The van der Waals surface area contributed by atoms with Crippen LogP contribution in [0.3, 0.4) is 0 Å². The van der Waals surface area contributed by atoms with Gasteiger partial charge >= 0.3 is 0 Å². The zero-order valence-corrected chi connectivity index (χ0v) is 14.5. The van der Waals surface area contributed by atoms with Gasteiger partial charge in [-0.1, -0.05) is 39.0 Å². The van der Waals surface area contributed by atoms with Crippen molar-refractivity contribution in [1.29, 1.82) is 0 Å². The molecule has 0 saturated carbocycles. The Hall–Kier alpha value is -0.910. The van der Waals surface area contributed by atoms with Gasteiger partial charge in [-0.25, -0.2) is 13.1 Å². The van der Waals surface area contributed by atoms with E-state index in [1.807, 2.05) is 13.8 Å². The first-order valence-corrected chi connectivity index (χ1v) is 8.67. The lowest BCUT2D eigenvalue weighted by Gasteiger charge is -2.27. The van der Waals surface area contributed by atoms with Crippen molar-refractivity contribution in [3.05, 3.63) is 30.3 Å². The molecule has 0 spiro atoms. The van der Waals surface area contributed by atoms with Gasteiger partial charge in [0.05, 0.1) is 11.5 Å². The van der Waals surface area contributed by atoms with Crippen LogP contribution < -0.4 is 4.72 Å². The second-order valence-electron chi connectivity index (χ2n) is 7.17. The second-order valence-corrected chi connectivity index (χ2v) is 8.85. The van der Waals surface area contributed by atoms with Gasteiger partial charge in [0, 0.05) is 12.1 Å². The summed E-state index contributed by atoms with van der Waals surface area (Å²) >= 11 is 0. The van der Waals surface area contributed by atoms with Gasteiger partial charge in [0.2, 0.25) is 10.0 Å². The van der Waals surface area contributed by atoms with Crippen LogP contribution in [0.4, 0.5) is 0 Å². The van der Waals surface area contributed by atoms with E-state index in [-0.39, 0.29) is 10.3 Å². The van der Waals surface area contributed by atoms with E-state index in [0.717, 1.165) is 0 Å². The van der Waals surface area contributed by atoms with Crippen molar-refractivity contribution < 1.29 is 13.2 Å². The molecule has 0 atom stereocenters. The maximum absolute atomic E-state index is 12.3. The van der Waals surface area contributed by atoms with Crippen molar-refractivity contribution in [2.24, 2.45) is 5.41 Å². The molecule has 0 aliphatic rings. The Morgan fingerprint density at radius 2 is 1.62 bits per heavy atom. The summed E-state index contributed by atoms with van der Waals surface area (Å²) in [7, 11) is -3.49. The van der Waals surface area contributed by atoms with E-state index < -0.39 is 15.6 Å². The minimum Gasteiger partial charge on any atom is -0.381 e. The van der Waals surface area contributed by atoms with E-state index in [0.29, 0.717) is 19.6 Å². The van der Waals surface area contributed by atoms with Crippen LogP contribution in [0.1, 0.15) is 41.0 Å². The molecule has 5 heteroatoms. The summed E-state index contributed by atoms with van der Waals surface area (Å²) < 4.78 is 32.9. The summed E-state index contributed by atoms with van der Waals surface area (Å²) in [4.78, 5) is 0.286. The molecular weight excluding hydrogens is 286 g/mol. The van der Waals surface area contributed by atoms with E-state index in [9.17, 15) is 8.42 Å². The van der Waals surface area contributed by atoms with Gasteiger partial charge in [-0.2, -0.15) is 0 Å². The Morgan fingerprint density at radius 1 is 1.05 bits per heavy atom. The van der Waals surface area contributed by atoms with E-state index in [1.54, 1.807) is 30.3 Å². The molecule has 0 unspecified atom stereocenters. The Morgan fingerprint density at radius 3 is 2.14 bits per heavy atom.